The number of oxime groups is 1. The van der Waals surface area contributed by atoms with Crippen molar-refractivity contribution in [2.45, 2.75) is 19.3 Å². The molecule has 1 saturated heterocycles. The third-order valence-corrected chi connectivity index (χ3v) is 2.08. The number of hydrogen-bond donors (Lipinski definition) is 1. The Balaban J connectivity index is 2.09. The zero-order valence-corrected chi connectivity index (χ0v) is 7.05. The molecule has 0 spiro atoms. The van der Waals surface area contributed by atoms with Gasteiger partial charge in [-0.3, -0.25) is 0 Å². The van der Waals surface area contributed by atoms with Crippen molar-refractivity contribution in [3.63, 3.8) is 0 Å². The highest BCUT2D eigenvalue weighted by Crippen LogP contribution is 2.13. The van der Waals surface area contributed by atoms with Crippen molar-refractivity contribution in [1.82, 2.24) is 5.32 Å². The molecule has 0 aromatic rings. The Hall–Kier alpha value is -0.570. The van der Waals surface area contributed by atoms with Gasteiger partial charge in [0, 0.05) is 6.21 Å². The fourth-order valence-corrected chi connectivity index (χ4v) is 1.38. The topological polar surface area (TPSA) is 33.6 Å². The van der Waals surface area contributed by atoms with Gasteiger partial charge >= 0.3 is 0 Å². The normalized spacial score (nSPS) is 20.8. The van der Waals surface area contributed by atoms with Crippen LogP contribution < -0.4 is 5.32 Å². The average Bonchev–Trinajstić information content (AvgIpc) is 2.07. The molecule has 0 radical (unpaired) electrons. The van der Waals surface area contributed by atoms with E-state index in [0.29, 0.717) is 0 Å². The van der Waals surface area contributed by atoms with E-state index in [1.165, 1.54) is 12.8 Å². The van der Waals surface area contributed by atoms with Crippen LogP contribution in [0, 0.1) is 5.92 Å². The Morgan fingerprint density at radius 3 is 2.91 bits per heavy atom. The lowest BCUT2D eigenvalue weighted by Gasteiger charge is -2.20. The molecule has 64 valence electrons. The van der Waals surface area contributed by atoms with Crippen molar-refractivity contribution in [3.05, 3.63) is 0 Å². The first kappa shape index (κ1) is 8.53. The van der Waals surface area contributed by atoms with Crippen LogP contribution in [0.1, 0.15) is 19.3 Å². The van der Waals surface area contributed by atoms with Gasteiger partial charge in [-0.2, -0.15) is 0 Å². The zero-order chi connectivity index (χ0) is 7.94. The standard InChI is InChI=1S/C8H16N2O/c1-11-10-7-4-8-2-5-9-6-3-8/h7-9H,2-6H2,1H3. The van der Waals surface area contributed by atoms with Gasteiger partial charge in [-0.1, -0.05) is 5.16 Å². The van der Waals surface area contributed by atoms with Gasteiger partial charge in [0.1, 0.15) is 7.11 Å². The summed E-state index contributed by atoms with van der Waals surface area (Å²) in [6, 6.07) is 0. The van der Waals surface area contributed by atoms with Crippen LogP contribution in [0.3, 0.4) is 0 Å². The second-order valence-corrected chi connectivity index (χ2v) is 2.90. The molecule has 0 unspecified atom stereocenters. The van der Waals surface area contributed by atoms with E-state index in [9.17, 15) is 0 Å². The van der Waals surface area contributed by atoms with Gasteiger partial charge in [0.05, 0.1) is 0 Å². The molecule has 1 aliphatic rings. The van der Waals surface area contributed by atoms with Gasteiger partial charge < -0.3 is 10.2 Å². The molecule has 1 rings (SSSR count). The molecule has 0 bridgehead atoms. The lowest BCUT2D eigenvalue weighted by molar-refractivity contribution is 0.213. The maximum Gasteiger partial charge on any atom is 0.106 e. The molecule has 3 nitrogen and oxygen atoms in total. The summed E-state index contributed by atoms with van der Waals surface area (Å²) in [7, 11) is 1.58. The first-order valence-corrected chi connectivity index (χ1v) is 4.19. The van der Waals surface area contributed by atoms with Gasteiger partial charge in [-0.05, 0) is 38.3 Å². The quantitative estimate of drug-likeness (QED) is 0.488. The van der Waals surface area contributed by atoms with Gasteiger partial charge in [0.15, 0.2) is 0 Å². The van der Waals surface area contributed by atoms with Crippen LogP contribution in [-0.4, -0.2) is 26.4 Å². The molecule has 1 N–H and O–H groups in total. The van der Waals surface area contributed by atoms with Gasteiger partial charge in [0.25, 0.3) is 0 Å². The third kappa shape index (κ3) is 3.37. The summed E-state index contributed by atoms with van der Waals surface area (Å²) in [5.41, 5.74) is 0. The summed E-state index contributed by atoms with van der Waals surface area (Å²) >= 11 is 0. The van der Waals surface area contributed by atoms with Gasteiger partial charge in [-0.25, -0.2) is 0 Å². The van der Waals surface area contributed by atoms with E-state index < -0.39 is 0 Å². The number of hydrogen-bond acceptors (Lipinski definition) is 3. The predicted molar refractivity (Wildman–Crippen MR) is 45.7 cm³/mol. The maximum atomic E-state index is 4.59. The lowest BCUT2D eigenvalue weighted by atomic mass is 9.95. The summed E-state index contributed by atoms with van der Waals surface area (Å²) in [4.78, 5) is 4.59. The minimum atomic E-state index is 0.815. The minimum absolute atomic E-state index is 0.815. The molecule has 0 aromatic carbocycles. The molecule has 0 aromatic heterocycles. The van der Waals surface area contributed by atoms with E-state index in [1.807, 2.05) is 6.21 Å². The summed E-state index contributed by atoms with van der Waals surface area (Å²) in [5.74, 6) is 0.815. The van der Waals surface area contributed by atoms with Crippen molar-refractivity contribution < 1.29 is 4.84 Å². The van der Waals surface area contributed by atoms with Crippen LogP contribution in [0.25, 0.3) is 0 Å². The van der Waals surface area contributed by atoms with E-state index >= 15 is 0 Å². The monoisotopic (exact) mass is 156 g/mol. The minimum Gasteiger partial charge on any atom is -0.399 e. The highest BCUT2D eigenvalue weighted by molar-refractivity contribution is 5.56. The first-order valence-electron chi connectivity index (χ1n) is 4.19. The number of rotatable bonds is 3. The second kappa shape index (κ2) is 5.13. The molecule has 11 heavy (non-hydrogen) atoms. The van der Waals surface area contributed by atoms with Crippen LogP contribution in [0.4, 0.5) is 0 Å². The van der Waals surface area contributed by atoms with Gasteiger partial charge in [-0.15, -0.1) is 0 Å². The van der Waals surface area contributed by atoms with Gasteiger partial charge in [0.2, 0.25) is 0 Å². The fraction of sp³-hybridized carbons (Fsp3) is 0.875. The molecule has 1 heterocycles. The molecular formula is C8H16N2O. The third-order valence-electron chi connectivity index (χ3n) is 2.08. The Labute approximate surface area is 67.8 Å². The SMILES string of the molecule is CON=CCC1CCNCC1. The number of nitrogens with zero attached hydrogens (tertiary/aromatic N) is 1. The van der Waals surface area contributed by atoms with Crippen LogP contribution in [-0.2, 0) is 4.84 Å². The Bertz CT molecular complexity index is 119. The molecule has 1 fully saturated rings. The second-order valence-electron chi connectivity index (χ2n) is 2.90. The Morgan fingerprint density at radius 2 is 2.27 bits per heavy atom. The summed E-state index contributed by atoms with van der Waals surface area (Å²) in [6.07, 6.45) is 5.48. The molecular weight excluding hydrogens is 140 g/mol. The van der Waals surface area contributed by atoms with E-state index in [0.717, 1.165) is 25.4 Å². The molecule has 0 amide bonds. The van der Waals surface area contributed by atoms with Crippen molar-refractivity contribution in [1.29, 1.82) is 0 Å². The molecule has 1 aliphatic heterocycles. The van der Waals surface area contributed by atoms with Crippen LogP contribution in [0.2, 0.25) is 0 Å². The van der Waals surface area contributed by atoms with Crippen molar-refractivity contribution in [2.75, 3.05) is 20.2 Å². The van der Waals surface area contributed by atoms with Crippen molar-refractivity contribution in [3.8, 4) is 0 Å². The Kier molecular flexibility index (Phi) is 3.98. The smallest absolute Gasteiger partial charge is 0.106 e. The maximum absolute atomic E-state index is 4.59. The predicted octanol–water partition coefficient (Wildman–Crippen LogP) is 1.01. The summed E-state index contributed by atoms with van der Waals surface area (Å²) in [6.45, 7) is 2.32. The Morgan fingerprint density at radius 1 is 1.55 bits per heavy atom. The molecule has 0 aliphatic carbocycles. The summed E-state index contributed by atoms with van der Waals surface area (Å²) < 4.78 is 0. The molecule has 3 heteroatoms. The molecule has 0 saturated carbocycles. The number of nitrogens with one attached hydrogen (secondary N) is 1. The largest absolute Gasteiger partial charge is 0.399 e. The molecule has 0 atom stereocenters. The fourth-order valence-electron chi connectivity index (χ4n) is 1.38. The van der Waals surface area contributed by atoms with Crippen molar-refractivity contribution >= 4 is 6.21 Å². The highest BCUT2D eigenvalue weighted by Gasteiger charge is 2.10. The van der Waals surface area contributed by atoms with E-state index in [2.05, 4.69) is 15.3 Å². The average molecular weight is 156 g/mol. The highest BCUT2D eigenvalue weighted by atomic mass is 16.6. The van der Waals surface area contributed by atoms with Crippen LogP contribution >= 0.6 is 0 Å². The lowest BCUT2D eigenvalue weighted by Crippen LogP contribution is -2.27. The summed E-state index contributed by atoms with van der Waals surface area (Å²) in [5, 5.41) is 7.05. The van der Waals surface area contributed by atoms with Crippen molar-refractivity contribution in [2.24, 2.45) is 11.1 Å². The zero-order valence-electron chi connectivity index (χ0n) is 7.05. The van der Waals surface area contributed by atoms with E-state index in [1.54, 1.807) is 7.11 Å². The number of piperidine rings is 1. The van der Waals surface area contributed by atoms with E-state index in [4.69, 9.17) is 0 Å². The van der Waals surface area contributed by atoms with Crippen LogP contribution in [0.5, 0.6) is 0 Å². The first-order chi connectivity index (χ1) is 5.43. The van der Waals surface area contributed by atoms with E-state index in [-0.39, 0.29) is 0 Å². The van der Waals surface area contributed by atoms with Crippen LogP contribution in [0.15, 0.2) is 5.16 Å².